The lowest BCUT2D eigenvalue weighted by molar-refractivity contribution is -0.120. The van der Waals surface area contributed by atoms with Gasteiger partial charge in [0.15, 0.2) is 11.5 Å². The molecule has 1 fully saturated rings. The third-order valence-corrected chi connectivity index (χ3v) is 6.37. The first-order valence-corrected chi connectivity index (χ1v) is 11.0. The molecule has 2 unspecified atom stereocenters. The summed E-state index contributed by atoms with van der Waals surface area (Å²) in [6.45, 7) is 3.45. The second-order valence-corrected chi connectivity index (χ2v) is 8.53. The fourth-order valence-corrected chi connectivity index (χ4v) is 4.75. The molecule has 1 aromatic carbocycles. The predicted molar refractivity (Wildman–Crippen MR) is 124 cm³/mol. The largest absolute Gasteiger partial charge is 0.353 e. The van der Waals surface area contributed by atoms with Crippen LogP contribution in [0.25, 0.3) is 27.8 Å². The second kappa shape index (κ2) is 7.54. The van der Waals surface area contributed by atoms with Crippen molar-refractivity contribution in [2.45, 2.75) is 12.8 Å². The monoisotopic (exact) mass is 443 g/mol. The summed E-state index contributed by atoms with van der Waals surface area (Å²) in [5.41, 5.74) is 4.39. The fraction of sp³-hybridized carbons (Fsp3) is 0.250. The second-order valence-electron chi connectivity index (χ2n) is 8.53. The zero-order valence-corrected chi connectivity index (χ0v) is 18.0. The number of carbonyl (C=O) groups excluding carboxylic acids is 1. The summed E-state index contributed by atoms with van der Waals surface area (Å²) >= 11 is 0. The zero-order valence-electron chi connectivity index (χ0n) is 18.0. The Morgan fingerprint density at radius 1 is 1.27 bits per heavy atom. The summed E-state index contributed by atoms with van der Waals surface area (Å²) < 4.78 is 15.9. The number of nitrogens with zero attached hydrogens (tertiary/aromatic N) is 5. The first-order valence-electron chi connectivity index (χ1n) is 11.0. The van der Waals surface area contributed by atoms with Crippen molar-refractivity contribution in [3.05, 3.63) is 66.5 Å². The summed E-state index contributed by atoms with van der Waals surface area (Å²) in [7, 11) is 0. The highest BCUT2D eigenvalue weighted by molar-refractivity contribution is 5.87. The lowest BCUT2D eigenvalue weighted by Gasteiger charge is -2.27. The van der Waals surface area contributed by atoms with Gasteiger partial charge in [0.2, 0.25) is 5.91 Å². The van der Waals surface area contributed by atoms with Gasteiger partial charge in [-0.05, 0) is 30.2 Å². The Hall–Kier alpha value is -4.01. The van der Waals surface area contributed by atoms with Crippen LogP contribution in [0.15, 0.2) is 60.8 Å². The van der Waals surface area contributed by atoms with Gasteiger partial charge in [-0.3, -0.25) is 14.3 Å². The number of aromatic amines is 1. The minimum atomic E-state index is -0.231. The number of amides is 1. The van der Waals surface area contributed by atoms with Crippen LogP contribution in [0.4, 0.5) is 10.2 Å². The molecule has 0 spiro atoms. The molecular weight excluding hydrogens is 421 g/mol. The number of rotatable bonds is 3. The standard InChI is InChI=1S/C24H22FN7O/c1-14-10-17(25)3-4-18(14)21-22(15-2-5-19-16(11-15)12-28-30-19)32-9-7-27-23(24(32)29-21)31-8-6-26-20(33)13-31/h2-5,7,9-12,14,18H,6,8,13H2,1H3,(H,26,33)(H,28,30). The van der Waals surface area contributed by atoms with Gasteiger partial charge in [-0.1, -0.05) is 19.1 Å². The van der Waals surface area contributed by atoms with E-state index in [2.05, 4.69) is 26.6 Å². The van der Waals surface area contributed by atoms with E-state index in [0.717, 1.165) is 27.9 Å². The third kappa shape index (κ3) is 3.27. The summed E-state index contributed by atoms with van der Waals surface area (Å²) in [6, 6.07) is 6.11. The Morgan fingerprint density at radius 3 is 3.03 bits per heavy atom. The smallest absolute Gasteiger partial charge is 0.239 e. The number of nitrogens with one attached hydrogen (secondary N) is 2. The van der Waals surface area contributed by atoms with Crippen LogP contribution >= 0.6 is 0 Å². The number of benzene rings is 1. The molecule has 8 nitrogen and oxygen atoms in total. The van der Waals surface area contributed by atoms with Crippen molar-refractivity contribution in [2.24, 2.45) is 5.92 Å². The number of halogens is 1. The summed E-state index contributed by atoms with van der Waals surface area (Å²) in [5.74, 6) is 0.237. The van der Waals surface area contributed by atoms with Crippen LogP contribution in [0.1, 0.15) is 18.5 Å². The Morgan fingerprint density at radius 2 is 2.18 bits per heavy atom. The molecule has 4 aromatic rings. The first-order chi connectivity index (χ1) is 16.1. The number of carbonyl (C=O) groups is 1. The minimum absolute atomic E-state index is 0.0353. The topological polar surface area (TPSA) is 91.2 Å². The third-order valence-electron chi connectivity index (χ3n) is 6.37. The van der Waals surface area contributed by atoms with Crippen LogP contribution in [-0.4, -0.2) is 50.1 Å². The Balaban J connectivity index is 1.58. The van der Waals surface area contributed by atoms with Gasteiger partial charge < -0.3 is 10.2 Å². The van der Waals surface area contributed by atoms with Crippen molar-refractivity contribution < 1.29 is 9.18 Å². The van der Waals surface area contributed by atoms with Crippen LogP contribution in [0.2, 0.25) is 0 Å². The van der Waals surface area contributed by atoms with Crippen molar-refractivity contribution in [3.63, 3.8) is 0 Å². The Kier molecular flexibility index (Phi) is 4.49. The van der Waals surface area contributed by atoms with Gasteiger partial charge in [-0.25, -0.2) is 14.4 Å². The number of fused-ring (bicyclic) bond motifs is 2. The molecule has 0 saturated carbocycles. The van der Waals surface area contributed by atoms with Gasteiger partial charge in [0.05, 0.1) is 29.6 Å². The molecule has 1 aliphatic heterocycles. The van der Waals surface area contributed by atoms with E-state index in [0.29, 0.717) is 24.6 Å². The van der Waals surface area contributed by atoms with Gasteiger partial charge in [-0.2, -0.15) is 5.10 Å². The predicted octanol–water partition coefficient (Wildman–Crippen LogP) is 3.35. The number of piperazine rings is 1. The number of anilines is 1. The van der Waals surface area contributed by atoms with Crippen molar-refractivity contribution in [1.29, 1.82) is 0 Å². The summed E-state index contributed by atoms with van der Waals surface area (Å²) in [6.07, 6.45) is 10.4. The van der Waals surface area contributed by atoms with Crippen LogP contribution < -0.4 is 10.2 Å². The Labute approximate surface area is 188 Å². The molecule has 3 aromatic heterocycles. The normalized spacial score (nSPS) is 21.0. The van der Waals surface area contributed by atoms with Crippen LogP contribution in [-0.2, 0) is 4.79 Å². The van der Waals surface area contributed by atoms with Gasteiger partial charge >= 0.3 is 0 Å². The van der Waals surface area contributed by atoms with E-state index in [1.54, 1.807) is 18.5 Å². The summed E-state index contributed by atoms with van der Waals surface area (Å²) in [5, 5.41) is 11.0. The van der Waals surface area contributed by atoms with Crippen LogP contribution in [0.3, 0.4) is 0 Å². The molecule has 6 rings (SSSR count). The van der Waals surface area contributed by atoms with E-state index in [1.165, 1.54) is 6.08 Å². The molecule has 0 bridgehead atoms. The molecule has 0 radical (unpaired) electrons. The highest BCUT2D eigenvalue weighted by Crippen LogP contribution is 2.39. The number of aromatic nitrogens is 5. The van der Waals surface area contributed by atoms with Gasteiger partial charge in [-0.15, -0.1) is 0 Å². The number of H-pyrrole nitrogens is 1. The van der Waals surface area contributed by atoms with Crippen molar-refractivity contribution in [2.75, 3.05) is 24.5 Å². The molecule has 2 atom stereocenters. The molecular formula is C24H22FN7O. The lowest BCUT2D eigenvalue weighted by Crippen LogP contribution is -2.48. The van der Waals surface area contributed by atoms with Crippen LogP contribution in [0.5, 0.6) is 0 Å². The van der Waals surface area contributed by atoms with E-state index >= 15 is 0 Å². The SMILES string of the molecule is CC1C=C(F)C=CC1c1nc2c(N3CCNC(=O)C3)nccn2c1-c1ccc2[nH]ncc2c1. The molecule has 33 heavy (non-hydrogen) atoms. The maximum Gasteiger partial charge on any atom is 0.239 e. The number of imidazole rings is 1. The molecule has 166 valence electrons. The molecule has 2 N–H and O–H groups in total. The number of allylic oxidation sites excluding steroid dienone is 4. The molecule has 4 heterocycles. The summed E-state index contributed by atoms with van der Waals surface area (Å²) in [4.78, 5) is 23.6. The van der Waals surface area contributed by atoms with Crippen molar-refractivity contribution in [1.82, 2.24) is 29.9 Å². The number of hydrogen-bond acceptors (Lipinski definition) is 5. The van der Waals surface area contributed by atoms with Crippen molar-refractivity contribution >= 4 is 28.3 Å². The van der Waals surface area contributed by atoms with E-state index in [4.69, 9.17) is 4.98 Å². The quantitative estimate of drug-likeness (QED) is 0.507. The first kappa shape index (κ1) is 19.7. The average Bonchev–Trinajstić information content (AvgIpc) is 3.43. The van der Waals surface area contributed by atoms with E-state index in [1.807, 2.05) is 40.6 Å². The highest BCUT2D eigenvalue weighted by Gasteiger charge is 2.29. The molecule has 1 aliphatic carbocycles. The van der Waals surface area contributed by atoms with E-state index in [-0.39, 0.29) is 30.1 Å². The van der Waals surface area contributed by atoms with E-state index < -0.39 is 0 Å². The maximum absolute atomic E-state index is 13.9. The highest BCUT2D eigenvalue weighted by atomic mass is 19.1. The van der Waals surface area contributed by atoms with Gasteiger partial charge in [0, 0.05) is 42.4 Å². The van der Waals surface area contributed by atoms with Gasteiger partial charge in [0.1, 0.15) is 5.83 Å². The van der Waals surface area contributed by atoms with E-state index in [9.17, 15) is 9.18 Å². The minimum Gasteiger partial charge on any atom is -0.353 e. The number of hydrogen-bond donors (Lipinski definition) is 2. The van der Waals surface area contributed by atoms with Crippen LogP contribution in [0, 0.1) is 5.92 Å². The zero-order chi connectivity index (χ0) is 22.5. The molecule has 1 saturated heterocycles. The Bertz CT molecular complexity index is 1450. The van der Waals surface area contributed by atoms with Crippen molar-refractivity contribution in [3.8, 4) is 11.3 Å². The molecule has 2 aliphatic rings. The molecule has 1 amide bonds. The molecule has 9 heteroatoms. The van der Waals surface area contributed by atoms with Gasteiger partial charge in [0.25, 0.3) is 0 Å². The maximum atomic E-state index is 13.9. The average molecular weight is 443 g/mol. The fourth-order valence-electron chi connectivity index (χ4n) is 4.75. The lowest BCUT2D eigenvalue weighted by atomic mass is 9.85.